The standard InChI is InChI=1S/C30H31ClN3O5PS/c1-3-38-40(37,39-4-2)20-21-10-16-25(17-11-21)32-27(35)19-18-26-28(22-12-14-24(31)15-13-22)33-30(41-26)34-29(36)23-8-6-5-7-9-23/h5-17H,3-4,18-20H2,1-2H3,(H,32,35)(H,33,34,36). The van der Waals surface area contributed by atoms with Crippen LogP contribution in [0.5, 0.6) is 0 Å². The lowest BCUT2D eigenvalue weighted by Crippen LogP contribution is -2.12. The number of anilines is 2. The fourth-order valence-electron chi connectivity index (χ4n) is 4.06. The van der Waals surface area contributed by atoms with Crippen molar-refractivity contribution in [3.8, 4) is 11.3 Å². The van der Waals surface area contributed by atoms with Crippen molar-refractivity contribution in [3.05, 3.63) is 99.9 Å². The van der Waals surface area contributed by atoms with E-state index in [1.807, 2.05) is 18.2 Å². The highest BCUT2D eigenvalue weighted by atomic mass is 35.5. The second-order valence-electron chi connectivity index (χ2n) is 8.97. The van der Waals surface area contributed by atoms with Crippen LogP contribution in [0.2, 0.25) is 5.02 Å². The van der Waals surface area contributed by atoms with Gasteiger partial charge in [0.1, 0.15) is 0 Å². The number of aromatic nitrogens is 1. The predicted molar refractivity (Wildman–Crippen MR) is 165 cm³/mol. The molecule has 214 valence electrons. The van der Waals surface area contributed by atoms with Gasteiger partial charge in [0, 0.05) is 33.1 Å². The Morgan fingerprint density at radius 3 is 2.20 bits per heavy atom. The van der Waals surface area contributed by atoms with Crippen molar-refractivity contribution in [2.45, 2.75) is 32.9 Å². The van der Waals surface area contributed by atoms with Crippen molar-refractivity contribution in [1.29, 1.82) is 0 Å². The van der Waals surface area contributed by atoms with Crippen LogP contribution in [0.25, 0.3) is 11.3 Å². The third kappa shape index (κ3) is 8.83. The fourth-order valence-corrected chi connectivity index (χ4v) is 6.86. The number of aryl methyl sites for hydroxylation is 1. The Hall–Kier alpha value is -3.33. The first-order chi connectivity index (χ1) is 19.8. The molecule has 0 aliphatic heterocycles. The monoisotopic (exact) mass is 611 g/mol. The van der Waals surface area contributed by atoms with Gasteiger partial charge in [0.25, 0.3) is 5.91 Å². The molecule has 0 atom stereocenters. The van der Waals surface area contributed by atoms with Crippen molar-refractivity contribution in [2.75, 3.05) is 23.8 Å². The lowest BCUT2D eigenvalue weighted by molar-refractivity contribution is -0.116. The van der Waals surface area contributed by atoms with Crippen LogP contribution in [0.1, 0.15) is 41.1 Å². The number of rotatable bonds is 13. The molecule has 4 rings (SSSR count). The van der Waals surface area contributed by atoms with E-state index in [0.717, 1.165) is 16.0 Å². The molecule has 0 aliphatic rings. The predicted octanol–water partition coefficient (Wildman–Crippen LogP) is 8.05. The van der Waals surface area contributed by atoms with E-state index >= 15 is 0 Å². The van der Waals surface area contributed by atoms with Gasteiger partial charge in [-0.1, -0.05) is 54.1 Å². The first kappa shape index (κ1) is 30.6. The summed E-state index contributed by atoms with van der Waals surface area (Å²) in [7, 11) is -3.21. The minimum atomic E-state index is -3.21. The molecule has 0 radical (unpaired) electrons. The van der Waals surface area contributed by atoms with Gasteiger partial charge in [-0.05, 0) is 62.2 Å². The number of nitrogens with zero attached hydrogens (tertiary/aromatic N) is 1. The molecule has 2 amide bonds. The number of benzene rings is 3. The molecule has 8 nitrogen and oxygen atoms in total. The molecule has 0 aliphatic carbocycles. The molecule has 1 heterocycles. The smallest absolute Gasteiger partial charge is 0.326 e. The molecule has 41 heavy (non-hydrogen) atoms. The number of hydrogen-bond donors (Lipinski definition) is 2. The van der Waals surface area contributed by atoms with E-state index in [2.05, 4.69) is 15.6 Å². The molecule has 0 fully saturated rings. The normalized spacial score (nSPS) is 11.3. The van der Waals surface area contributed by atoms with Crippen molar-refractivity contribution >= 4 is 53.2 Å². The van der Waals surface area contributed by atoms with Gasteiger partial charge in [0.2, 0.25) is 5.91 Å². The van der Waals surface area contributed by atoms with Gasteiger partial charge in [0.05, 0.1) is 25.1 Å². The highest BCUT2D eigenvalue weighted by Gasteiger charge is 2.24. The van der Waals surface area contributed by atoms with Gasteiger partial charge < -0.3 is 14.4 Å². The van der Waals surface area contributed by atoms with E-state index in [1.165, 1.54) is 11.3 Å². The summed E-state index contributed by atoms with van der Waals surface area (Å²) in [6.45, 7) is 4.14. The molecule has 1 aromatic heterocycles. The number of amides is 2. The minimum Gasteiger partial charge on any atom is -0.326 e. The highest BCUT2D eigenvalue weighted by molar-refractivity contribution is 7.53. The number of carbonyl (C=O) groups is 2. The van der Waals surface area contributed by atoms with E-state index in [4.69, 9.17) is 20.6 Å². The van der Waals surface area contributed by atoms with E-state index in [0.29, 0.717) is 46.7 Å². The number of halogens is 1. The largest absolute Gasteiger partial charge is 0.335 e. The average Bonchev–Trinajstić information content (AvgIpc) is 3.36. The van der Waals surface area contributed by atoms with Gasteiger partial charge >= 0.3 is 7.60 Å². The molecule has 2 N–H and O–H groups in total. The number of thiazole rings is 1. The lowest BCUT2D eigenvalue weighted by atomic mass is 10.1. The Balaban J connectivity index is 1.42. The maximum atomic E-state index is 12.8. The van der Waals surface area contributed by atoms with Gasteiger partial charge in [-0.25, -0.2) is 4.98 Å². The van der Waals surface area contributed by atoms with E-state index in [9.17, 15) is 14.2 Å². The molecule has 0 spiro atoms. The van der Waals surface area contributed by atoms with Crippen molar-refractivity contribution < 1.29 is 23.2 Å². The maximum Gasteiger partial charge on any atom is 0.335 e. The Morgan fingerprint density at radius 2 is 1.56 bits per heavy atom. The third-order valence-electron chi connectivity index (χ3n) is 5.92. The van der Waals surface area contributed by atoms with Crippen LogP contribution < -0.4 is 10.6 Å². The molecule has 0 saturated carbocycles. The quantitative estimate of drug-likeness (QED) is 0.148. The van der Waals surface area contributed by atoms with Gasteiger partial charge in [-0.3, -0.25) is 19.5 Å². The Labute approximate surface area is 248 Å². The number of carbonyl (C=O) groups excluding carboxylic acids is 2. The molecular weight excluding hydrogens is 581 g/mol. The van der Waals surface area contributed by atoms with E-state index < -0.39 is 7.60 Å². The molecular formula is C30H31ClN3O5PS. The van der Waals surface area contributed by atoms with Crippen LogP contribution in [-0.4, -0.2) is 30.0 Å². The van der Waals surface area contributed by atoms with Crippen molar-refractivity contribution in [1.82, 2.24) is 4.98 Å². The SMILES string of the molecule is CCOP(=O)(Cc1ccc(NC(=O)CCc2sc(NC(=O)c3ccccc3)nc2-c2ccc(Cl)cc2)cc1)OCC. The summed E-state index contributed by atoms with van der Waals surface area (Å²) in [6, 6.07) is 23.3. The zero-order valence-corrected chi connectivity index (χ0v) is 25.2. The lowest BCUT2D eigenvalue weighted by Gasteiger charge is -2.17. The summed E-state index contributed by atoms with van der Waals surface area (Å²) >= 11 is 7.41. The van der Waals surface area contributed by atoms with Gasteiger partial charge in [-0.2, -0.15) is 0 Å². The van der Waals surface area contributed by atoms with Crippen molar-refractivity contribution in [2.24, 2.45) is 0 Å². The molecule has 3 aromatic carbocycles. The second-order valence-corrected chi connectivity index (χ2v) is 12.5. The van der Waals surface area contributed by atoms with Gasteiger partial charge in [0.15, 0.2) is 5.13 Å². The van der Waals surface area contributed by atoms with E-state index in [-0.39, 0.29) is 24.4 Å². The number of hydrogen-bond acceptors (Lipinski definition) is 7. The first-order valence-electron chi connectivity index (χ1n) is 13.2. The summed E-state index contributed by atoms with van der Waals surface area (Å²) in [5.41, 5.74) is 3.48. The fraction of sp³-hybridized carbons (Fsp3) is 0.233. The molecule has 11 heteroatoms. The Morgan fingerprint density at radius 1 is 0.902 bits per heavy atom. The van der Waals surface area contributed by atoms with E-state index in [1.54, 1.807) is 74.5 Å². The van der Waals surface area contributed by atoms with Crippen molar-refractivity contribution in [3.63, 3.8) is 0 Å². The Bertz CT molecular complexity index is 1500. The second kappa shape index (κ2) is 14.5. The van der Waals surface area contributed by atoms with Crippen LogP contribution in [0, 0.1) is 0 Å². The molecule has 0 unspecified atom stereocenters. The summed E-state index contributed by atoms with van der Waals surface area (Å²) in [5.74, 6) is -0.425. The topological polar surface area (TPSA) is 107 Å². The number of nitrogens with one attached hydrogen (secondary N) is 2. The average molecular weight is 612 g/mol. The zero-order chi connectivity index (χ0) is 29.2. The highest BCUT2D eigenvalue weighted by Crippen LogP contribution is 2.51. The van der Waals surface area contributed by atoms with Crippen LogP contribution in [-0.2, 0) is 31.0 Å². The first-order valence-corrected chi connectivity index (χ1v) is 16.1. The summed E-state index contributed by atoms with van der Waals surface area (Å²) < 4.78 is 23.5. The molecule has 0 saturated heterocycles. The Kier molecular flexibility index (Phi) is 10.9. The van der Waals surface area contributed by atoms with Crippen LogP contribution >= 0.6 is 30.5 Å². The van der Waals surface area contributed by atoms with Gasteiger partial charge in [-0.15, -0.1) is 11.3 Å². The third-order valence-corrected chi connectivity index (χ3v) is 9.25. The minimum absolute atomic E-state index is 0.158. The molecule has 0 bridgehead atoms. The summed E-state index contributed by atoms with van der Waals surface area (Å²) in [6.07, 6.45) is 0.790. The maximum absolute atomic E-state index is 12.8. The zero-order valence-electron chi connectivity index (χ0n) is 22.8. The van der Waals surface area contributed by atoms with Crippen LogP contribution in [0.4, 0.5) is 10.8 Å². The van der Waals surface area contributed by atoms with Crippen LogP contribution in [0.3, 0.4) is 0 Å². The summed E-state index contributed by atoms with van der Waals surface area (Å²) in [4.78, 5) is 31.1. The summed E-state index contributed by atoms with van der Waals surface area (Å²) in [5, 5.41) is 6.83. The molecule has 4 aromatic rings. The van der Waals surface area contributed by atoms with Crippen LogP contribution in [0.15, 0.2) is 78.9 Å².